The molecule has 4 heteroatoms. The zero-order valence-electron chi connectivity index (χ0n) is 7.53. The summed E-state index contributed by atoms with van der Waals surface area (Å²) in [6.45, 7) is 0.381. The Morgan fingerprint density at radius 1 is 1.57 bits per heavy atom. The van der Waals surface area contributed by atoms with Crippen molar-refractivity contribution in [3.63, 3.8) is 0 Å². The Morgan fingerprint density at radius 2 is 2.36 bits per heavy atom. The van der Waals surface area contributed by atoms with Crippen LogP contribution < -0.4 is 5.32 Å². The number of nitrogens with one attached hydrogen (secondary N) is 1. The van der Waals surface area contributed by atoms with Crippen LogP contribution in [0.3, 0.4) is 0 Å². The van der Waals surface area contributed by atoms with Gasteiger partial charge in [-0.05, 0) is 18.2 Å². The van der Waals surface area contributed by atoms with Crippen LogP contribution >= 0.6 is 12.6 Å². The van der Waals surface area contributed by atoms with Gasteiger partial charge in [0.05, 0.1) is 12.5 Å². The van der Waals surface area contributed by atoms with Crippen LogP contribution in [0.15, 0.2) is 29.2 Å². The van der Waals surface area contributed by atoms with E-state index in [1.54, 1.807) is 24.3 Å². The van der Waals surface area contributed by atoms with Gasteiger partial charge in [-0.25, -0.2) is 0 Å². The van der Waals surface area contributed by atoms with Gasteiger partial charge in [0, 0.05) is 17.0 Å². The van der Waals surface area contributed by atoms with Crippen LogP contribution in [0, 0.1) is 11.3 Å². The summed E-state index contributed by atoms with van der Waals surface area (Å²) in [7, 11) is 0. The molecular weight excluding hydrogens is 196 g/mol. The summed E-state index contributed by atoms with van der Waals surface area (Å²) in [5.74, 6) is -0.170. The zero-order valence-corrected chi connectivity index (χ0v) is 8.42. The zero-order chi connectivity index (χ0) is 10.4. The molecule has 1 aromatic rings. The molecule has 0 radical (unpaired) electrons. The third kappa shape index (κ3) is 3.11. The van der Waals surface area contributed by atoms with Crippen LogP contribution in [0.1, 0.15) is 16.8 Å². The molecule has 14 heavy (non-hydrogen) atoms. The minimum Gasteiger partial charge on any atom is -0.351 e. The molecule has 0 aromatic heterocycles. The van der Waals surface area contributed by atoms with Crippen molar-refractivity contribution in [2.24, 2.45) is 0 Å². The highest BCUT2D eigenvalue weighted by molar-refractivity contribution is 7.80. The topological polar surface area (TPSA) is 52.9 Å². The van der Waals surface area contributed by atoms with Crippen molar-refractivity contribution in [2.75, 3.05) is 6.54 Å². The number of rotatable bonds is 3. The van der Waals surface area contributed by atoms with E-state index in [1.807, 2.05) is 6.07 Å². The number of hydrogen-bond donors (Lipinski definition) is 2. The maximum absolute atomic E-state index is 11.4. The molecule has 1 amide bonds. The van der Waals surface area contributed by atoms with Gasteiger partial charge in [0.2, 0.25) is 0 Å². The van der Waals surface area contributed by atoms with Crippen LogP contribution in [-0.2, 0) is 0 Å². The fourth-order valence-corrected chi connectivity index (χ4v) is 1.21. The van der Waals surface area contributed by atoms with Crippen molar-refractivity contribution in [2.45, 2.75) is 11.3 Å². The molecule has 0 unspecified atom stereocenters. The van der Waals surface area contributed by atoms with E-state index >= 15 is 0 Å². The second-order valence-corrected chi connectivity index (χ2v) is 3.23. The minimum absolute atomic E-state index is 0.170. The lowest BCUT2D eigenvalue weighted by molar-refractivity contribution is 0.0954. The van der Waals surface area contributed by atoms with E-state index in [-0.39, 0.29) is 5.91 Å². The quantitative estimate of drug-likeness (QED) is 0.583. The first-order valence-corrected chi connectivity index (χ1v) is 4.63. The first kappa shape index (κ1) is 10.6. The number of hydrogen-bond acceptors (Lipinski definition) is 3. The average molecular weight is 206 g/mol. The molecule has 0 saturated heterocycles. The van der Waals surface area contributed by atoms with Gasteiger partial charge in [-0.2, -0.15) is 5.26 Å². The average Bonchev–Trinajstić information content (AvgIpc) is 2.18. The number of carbonyl (C=O) groups is 1. The Morgan fingerprint density at radius 3 is 3.00 bits per heavy atom. The van der Waals surface area contributed by atoms with Crippen LogP contribution in [-0.4, -0.2) is 12.5 Å². The normalized spacial score (nSPS) is 9.14. The van der Waals surface area contributed by atoms with E-state index in [1.165, 1.54) is 0 Å². The Balaban J connectivity index is 2.57. The molecule has 0 aliphatic rings. The van der Waals surface area contributed by atoms with Crippen LogP contribution in [0.2, 0.25) is 0 Å². The third-order valence-electron chi connectivity index (χ3n) is 1.63. The maximum atomic E-state index is 11.4. The SMILES string of the molecule is N#CCCNC(=O)c1cccc(S)c1. The van der Waals surface area contributed by atoms with Gasteiger partial charge in [0.25, 0.3) is 5.91 Å². The summed E-state index contributed by atoms with van der Waals surface area (Å²) in [5, 5.41) is 10.9. The van der Waals surface area contributed by atoms with Crippen molar-refractivity contribution < 1.29 is 4.79 Å². The molecule has 0 aliphatic carbocycles. The fraction of sp³-hybridized carbons (Fsp3) is 0.200. The third-order valence-corrected chi connectivity index (χ3v) is 1.91. The molecule has 0 aliphatic heterocycles. The Labute approximate surface area is 88.2 Å². The summed E-state index contributed by atoms with van der Waals surface area (Å²) >= 11 is 4.13. The molecule has 72 valence electrons. The van der Waals surface area contributed by atoms with E-state index in [9.17, 15) is 4.79 Å². The van der Waals surface area contributed by atoms with E-state index in [0.717, 1.165) is 4.90 Å². The van der Waals surface area contributed by atoms with Gasteiger partial charge in [0.1, 0.15) is 0 Å². The molecule has 0 saturated carbocycles. The highest BCUT2D eigenvalue weighted by Crippen LogP contribution is 2.08. The molecule has 1 N–H and O–H groups in total. The van der Waals surface area contributed by atoms with Gasteiger partial charge in [0.15, 0.2) is 0 Å². The lowest BCUT2D eigenvalue weighted by Crippen LogP contribution is -2.24. The van der Waals surface area contributed by atoms with E-state index < -0.39 is 0 Å². The van der Waals surface area contributed by atoms with Crippen molar-refractivity contribution in [1.29, 1.82) is 5.26 Å². The molecule has 0 fully saturated rings. The number of carbonyl (C=O) groups excluding carboxylic acids is 1. The molecule has 0 heterocycles. The highest BCUT2D eigenvalue weighted by Gasteiger charge is 2.03. The Bertz CT molecular complexity index is 371. The van der Waals surface area contributed by atoms with Crippen molar-refractivity contribution >= 4 is 18.5 Å². The van der Waals surface area contributed by atoms with E-state index in [4.69, 9.17) is 5.26 Å². The maximum Gasteiger partial charge on any atom is 0.251 e. The van der Waals surface area contributed by atoms with Crippen molar-refractivity contribution in [3.05, 3.63) is 29.8 Å². The number of amides is 1. The Kier molecular flexibility index (Phi) is 4.02. The van der Waals surface area contributed by atoms with Crippen LogP contribution in [0.4, 0.5) is 0 Å². The lowest BCUT2D eigenvalue weighted by atomic mass is 10.2. The lowest BCUT2D eigenvalue weighted by Gasteiger charge is -2.02. The number of thiol groups is 1. The second kappa shape index (κ2) is 5.30. The summed E-state index contributed by atoms with van der Waals surface area (Å²) in [4.78, 5) is 12.2. The Hall–Kier alpha value is -1.47. The predicted molar refractivity (Wildman–Crippen MR) is 56.3 cm³/mol. The van der Waals surface area contributed by atoms with Crippen molar-refractivity contribution in [3.8, 4) is 6.07 Å². The van der Waals surface area contributed by atoms with E-state index in [2.05, 4.69) is 17.9 Å². The van der Waals surface area contributed by atoms with Crippen molar-refractivity contribution in [1.82, 2.24) is 5.32 Å². The first-order valence-electron chi connectivity index (χ1n) is 4.18. The van der Waals surface area contributed by atoms with Gasteiger partial charge in [-0.3, -0.25) is 4.79 Å². The molecular formula is C10H10N2OS. The van der Waals surface area contributed by atoms with Crippen LogP contribution in [0.5, 0.6) is 0 Å². The summed E-state index contributed by atoms with van der Waals surface area (Å²) < 4.78 is 0. The molecule has 1 rings (SSSR count). The fourth-order valence-electron chi connectivity index (χ4n) is 0.981. The summed E-state index contributed by atoms with van der Waals surface area (Å²) in [6.07, 6.45) is 0.326. The van der Waals surface area contributed by atoms with Gasteiger partial charge >= 0.3 is 0 Å². The summed E-state index contributed by atoms with van der Waals surface area (Å²) in [5.41, 5.74) is 0.565. The van der Waals surface area contributed by atoms with Crippen LogP contribution in [0.25, 0.3) is 0 Å². The standard InChI is InChI=1S/C10H10N2OS/c11-5-2-6-12-10(13)8-3-1-4-9(14)7-8/h1,3-4,7,14H,2,6H2,(H,12,13). The first-order chi connectivity index (χ1) is 6.74. The molecule has 0 bridgehead atoms. The smallest absolute Gasteiger partial charge is 0.251 e. The molecule has 3 nitrogen and oxygen atoms in total. The van der Waals surface area contributed by atoms with Gasteiger partial charge in [-0.1, -0.05) is 6.07 Å². The molecule has 1 aromatic carbocycles. The monoisotopic (exact) mass is 206 g/mol. The second-order valence-electron chi connectivity index (χ2n) is 2.71. The predicted octanol–water partition coefficient (Wildman–Crippen LogP) is 1.62. The minimum atomic E-state index is -0.170. The van der Waals surface area contributed by atoms with Gasteiger partial charge in [-0.15, -0.1) is 12.6 Å². The number of nitrogens with zero attached hydrogens (tertiary/aromatic N) is 1. The number of nitriles is 1. The highest BCUT2D eigenvalue weighted by atomic mass is 32.1. The van der Waals surface area contributed by atoms with Gasteiger partial charge < -0.3 is 5.32 Å². The van der Waals surface area contributed by atoms with E-state index in [0.29, 0.717) is 18.5 Å². The summed E-state index contributed by atoms with van der Waals surface area (Å²) in [6, 6.07) is 8.92. The number of benzene rings is 1. The molecule has 0 atom stereocenters. The molecule has 0 spiro atoms. The largest absolute Gasteiger partial charge is 0.351 e.